The number of nitrogens with one attached hydrogen (secondary N) is 3. The highest BCUT2D eigenvalue weighted by molar-refractivity contribution is 14.0. The van der Waals surface area contributed by atoms with Gasteiger partial charge in [0.15, 0.2) is 5.96 Å². The molecule has 0 bridgehead atoms. The van der Waals surface area contributed by atoms with Crippen molar-refractivity contribution in [1.82, 2.24) is 15.4 Å². The summed E-state index contributed by atoms with van der Waals surface area (Å²) >= 11 is 0. The van der Waals surface area contributed by atoms with E-state index in [0.717, 1.165) is 22.4 Å². The zero-order valence-electron chi connectivity index (χ0n) is 18.0. The van der Waals surface area contributed by atoms with Gasteiger partial charge in [0.25, 0.3) is 0 Å². The van der Waals surface area contributed by atoms with E-state index in [9.17, 15) is 8.42 Å². The van der Waals surface area contributed by atoms with Gasteiger partial charge in [-0.2, -0.15) is 0 Å². The van der Waals surface area contributed by atoms with Crippen LogP contribution in [-0.4, -0.2) is 34.6 Å². The number of halogens is 1. The molecule has 0 aliphatic rings. The summed E-state index contributed by atoms with van der Waals surface area (Å²) in [5, 5.41) is 6.52. The third-order valence-corrected chi connectivity index (χ3v) is 5.65. The topological polar surface area (TPSA) is 91.8 Å². The first-order chi connectivity index (χ1) is 13.7. The van der Waals surface area contributed by atoms with Crippen LogP contribution in [0.5, 0.6) is 5.75 Å². The SMILES string of the molecule is CN=C(NCc1ccc(S(=O)(=O)NC)cc1)NCc1ccc(C)cc1OC(C)C.I. The lowest BCUT2D eigenvalue weighted by Crippen LogP contribution is -2.36. The summed E-state index contributed by atoms with van der Waals surface area (Å²) in [6.45, 7) is 7.14. The van der Waals surface area contributed by atoms with Crippen molar-refractivity contribution in [3.63, 3.8) is 0 Å². The predicted molar refractivity (Wildman–Crippen MR) is 132 cm³/mol. The van der Waals surface area contributed by atoms with E-state index in [4.69, 9.17) is 4.74 Å². The van der Waals surface area contributed by atoms with Gasteiger partial charge in [-0.15, -0.1) is 24.0 Å². The largest absolute Gasteiger partial charge is 0.491 e. The lowest BCUT2D eigenvalue weighted by Gasteiger charge is -2.17. The zero-order chi connectivity index (χ0) is 21.4. The molecule has 0 heterocycles. The molecule has 0 spiro atoms. The Hall–Kier alpha value is -1.85. The molecule has 0 aliphatic heterocycles. The number of rotatable bonds is 8. The van der Waals surface area contributed by atoms with Crippen LogP contribution < -0.4 is 20.1 Å². The fourth-order valence-electron chi connectivity index (χ4n) is 2.66. The van der Waals surface area contributed by atoms with Crippen LogP contribution in [0.1, 0.15) is 30.5 Å². The molecular weight excluding hydrogens is 515 g/mol. The Bertz CT molecular complexity index is 945. The van der Waals surface area contributed by atoms with E-state index < -0.39 is 10.0 Å². The number of aryl methyl sites for hydroxylation is 1. The van der Waals surface area contributed by atoms with Gasteiger partial charge in [-0.1, -0.05) is 24.3 Å². The fourth-order valence-corrected chi connectivity index (χ4v) is 3.39. The number of ether oxygens (including phenoxy) is 1. The van der Waals surface area contributed by atoms with Crippen molar-refractivity contribution >= 4 is 40.0 Å². The van der Waals surface area contributed by atoms with Crippen LogP contribution in [0.25, 0.3) is 0 Å². The predicted octanol–water partition coefficient (Wildman–Crippen LogP) is 3.17. The minimum Gasteiger partial charge on any atom is -0.491 e. The monoisotopic (exact) mass is 546 g/mol. The maximum Gasteiger partial charge on any atom is 0.240 e. The fraction of sp³-hybridized carbons (Fsp3) is 0.381. The van der Waals surface area contributed by atoms with Crippen molar-refractivity contribution in [3.8, 4) is 5.75 Å². The number of hydrogen-bond donors (Lipinski definition) is 3. The molecule has 2 rings (SSSR count). The normalized spacial score (nSPS) is 11.7. The van der Waals surface area contributed by atoms with Crippen LogP contribution in [-0.2, 0) is 23.1 Å². The first kappa shape index (κ1) is 26.2. The van der Waals surface area contributed by atoms with Crippen molar-refractivity contribution in [3.05, 3.63) is 59.2 Å². The van der Waals surface area contributed by atoms with Crippen LogP contribution >= 0.6 is 24.0 Å². The summed E-state index contributed by atoms with van der Waals surface area (Å²) in [7, 11) is -0.323. The lowest BCUT2D eigenvalue weighted by atomic mass is 10.1. The summed E-state index contributed by atoms with van der Waals surface area (Å²) in [5.41, 5.74) is 3.15. The minimum absolute atomic E-state index is 0. The third kappa shape index (κ3) is 7.77. The summed E-state index contributed by atoms with van der Waals surface area (Å²) in [6.07, 6.45) is 0.0997. The molecule has 7 nitrogen and oxygen atoms in total. The van der Waals surface area contributed by atoms with Crippen molar-refractivity contribution < 1.29 is 13.2 Å². The first-order valence-corrected chi connectivity index (χ1v) is 11.0. The number of guanidine groups is 1. The highest BCUT2D eigenvalue weighted by atomic mass is 127. The Morgan fingerprint density at radius 3 is 2.27 bits per heavy atom. The molecular formula is C21H31IN4O3S. The van der Waals surface area contributed by atoms with E-state index in [1.54, 1.807) is 31.3 Å². The molecule has 9 heteroatoms. The van der Waals surface area contributed by atoms with Gasteiger partial charge in [0, 0.05) is 25.7 Å². The van der Waals surface area contributed by atoms with Crippen LogP contribution in [0.4, 0.5) is 0 Å². The summed E-state index contributed by atoms with van der Waals surface area (Å²) in [6, 6.07) is 12.9. The van der Waals surface area contributed by atoms with Crippen LogP contribution in [0.3, 0.4) is 0 Å². The van der Waals surface area contributed by atoms with E-state index in [1.807, 2.05) is 32.9 Å². The second kappa shape index (κ2) is 12.1. The Kier molecular flexibility index (Phi) is 10.6. The van der Waals surface area contributed by atoms with Crippen molar-refractivity contribution in [2.45, 2.75) is 44.9 Å². The van der Waals surface area contributed by atoms with Crippen molar-refractivity contribution in [2.75, 3.05) is 14.1 Å². The van der Waals surface area contributed by atoms with E-state index in [1.165, 1.54) is 7.05 Å². The molecule has 0 radical (unpaired) electrons. The zero-order valence-corrected chi connectivity index (χ0v) is 21.2. The molecule has 2 aromatic rings. The second-order valence-electron chi connectivity index (χ2n) is 6.91. The number of hydrogen-bond acceptors (Lipinski definition) is 4. The molecule has 30 heavy (non-hydrogen) atoms. The third-order valence-electron chi connectivity index (χ3n) is 4.22. The quantitative estimate of drug-likeness (QED) is 0.269. The van der Waals surface area contributed by atoms with Gasteiger partial charge in [-0.3, -0.25) is 4.99 Å². The van der Waals surface area contributed by atoms with Gasteiger partial charge in [0.1, 0.15) is 5.75 Å². The average Bonchev–Trinajstić information content (AvgIpc) is 2.69. The van der Waals surface area contributed by atoms with Crippen molar-refractivity contribution in [1.29, 1.82) is 0 Å². The lowest BCUT2D eigenvalue weighted by molar-refractivity contribution is 0.239. The molecule has 0 atom stereocenters. The Morgan fingerprint density at radius 1 is 1.07 bits per heavy atom. The van der Waals surface area contributed by atoms with Gasteiger partial charge < -0.3 is 15.4 Å². The molecule has 0 fully saturated rings. The highest BCUT2D eigenvalue weighted by Crippen LogP contribution is 2.21. The van der Waals surface area contributed by atoms with E-state index in [2.05, 4.69) is 26.4 Å². The van der Waals surface area contributed by atoms with Gasteiger partial charge in [-0.25, -0.2) is 13.1 Å². The first-order valence-electron chi connectivity index (χ1n) is 9.48. The van der Waals surface area contributed by atoms with E-state index in [-0.39, 0.29) is 35.0 Å². The van der Waals surface area contributed by atoms with Gasteiger partial charge >= 0.3 is 0 Å². The molecule has 0 amide bonds. The summed E-state index contributed by atoms with van der Waals surface area (Å²) in [4.78, 5) is 4.48. The molecule has 0 aromatic heterocycles. The maximum atomic E-state index is 11.8. The molecule has 166 valence electrons. The number of aliphatic imine (C=N–C) groups is 1. The summed E-state index contributed by atoms with van der Waals surface area (Å²) < 4.78 is 31.8. The Balaban J connectivity index is 0.00000450. The second-order valence-corrected chi connectivity index (χ2v) is 8.80. The smallest absolute Gasteiger partial charge is 0.240 e. The molecule has 3 N–H and O–H groups in total. The number of sulfonamides is 1. The highest BCUT2D eigenvalue weighted by Gasteiger charge is 2.11. The standard InChI is InChI=1S/C21H30N4O3S.HI/c1-15(2)28-20-12-16(3)6-9-18(20)14-25-21(22-4)24-13-17-7-10-19(11-8-17)29(26,27)23-5;/h6-12,15,23H,13-14H2,1-5H3,(H2,22,24,25);1H. The van der Waals surface area contributed by atoms with Crippen molar-refractivity contribution in [2.24, 2.45) is 4.99 Å². The molecule has 0 saturated carbocycles. The minimum atomic E-state index is -3.42. The Labute approximate surface area is 196 Å². The van der Waals surface area contributed by atoms with Gasteiger partial charge in [0.05, 0.1) is 11.0 Å². The summed E-state index contributed by atoms with van der Waals surface area (Å²) in [5.74, 6) is 1.51. The molecule has 0 saturated heterocycles. The number of nitrogens with zero attached hydrogens (tertiary/aromatic N) is 1. The Morgan fingerprint density at radius 2 is 1.70 bits per heavy atom. The maximum absolute atomic E-state index is 11.8. The van der Waals surface area contributed by atoms with Crippen LogP contribution in [0, 0.1) is 6.92 Å². The molecule has 2 aromatic carbocycles. The van der Waals surface area contributed by atoms with Gasteiger partial charge in [-0.05, 0) is 57.1 Å². The number of benzene rings is 2. The molecule has 0 unspecified atom stereocenters. The van der Waals surface area contributed by atoms with Crippen LogP contribution in [0.2, 0.25) is 0 Å². The molecule has 0 aliphatic carbocycles. The van der Waals surface area contributed by atoms with Crippen LogP contribution in [0.15, 0.2) is 52.4 Å². The van der Waals surface area contributed by atoms with E-state index >= 15 is 0 Å². The average molecular weight is 546 g/mol. The van der Waals surface area contributed by atoms with Gasteiger partial charge in [0.2, 0.25) is 10.0 Å². The van der Waals surface area contributed by atoms with E-state index in [0.29, 0.717) is 19.0 Å².